The Morgan fingerprint density at radius 2 is 2.00 bits per heavy atom. The van der Waals surface area contributed by atoms with Gasteiger partial charge in [0.1, 0.15) is 17.7 Å². The molecule has 4 rings (SSSR count). The number of pyridine rings is 1. The minimum Gasteiger partial charge on any atom is -0.494 e. The maximum atomic E-state index is 12.6. The number of esters is 1. The van der Waals surface area contributed by atoms with Crippen molar-refractivity contribution in [3.63, 3.8) is 0 Å². The highest BCUT2D eigenvalue weighted by atomic mass is 16.5. The summed E-state index contributed by atoms with van der Waals surface area (Å²) in [4.78, 5) is 29.9. The maximum Gasteiger partial charge on any atom is 0.343 e. The van der Waals surface area contributed by atoms with Crippen LogP contribution in [-0.4, -0.2) is 49.4 Å². The van der Waals surface area contributed by atoms with E-state index in [-0.39, 0.29) is 23.9 Å². The number of nitrogens with one attached hydrogen (secondary N) is 2. The summed E-state index contributed by atoms with van der Waals surface area (Å²) in [6.45, 7) is 3.91. The number of hydrogen-bond donors (Lipinski definition) is 2. The molecule has 0 atom stereocenters. The molecule has 0 aliphatic heterocycles. The van der Waals surface area contributed by atoms with E-state index in [0.717, 1.165) is 5.56 Å². The Morgan fingerprint density at radius 3 is 2.71 bits per heavy atom. The lowest BCUT2D eigenvalue weighted by Gasteiger charge is -2.16. The minimum absolute atomic E-state index is 0.174. The van der Waals surface area contributed by atoms with Crippen LogP contribution in [0, 0.1) is 6.92 Å². The summed E-state index contributed by atoms with van der Waals surface area (Å²) in [5.74, 6) is 1.53. The first kappa shape index (κ1) is 22.6. The lowest BCUT2D eigenvalue weighted by atomic mass is 10.1. The molecule has 0 unspecified atom stereocenters. The van der Waals surface area contributed by atoms with Crippen LogP contribution in [0.5, 0.6) is 5.75 Å². The third-order valence-electron chi connectivity index (χ3n) is 4.75. The molecule has 3 aromatic heterocycles. The van der Waals surface area contributed by atoms with Crippen LogP contribution in [0.25, 0.3) is 11.4 Å². The third kappa shape index (κ3) is 4.93. The van der Waals surface area contributed by atoms with Crippen LogP contribution in [0.15, 0.2) is 49.1 Å². The highest BCUT2D eigenvalue weighted by Crippen LogP contribution is 2.36. The van der Waals surface area contributed by atoms with Gasteiger partial charge in [0.25, 0.3) is 0 Å². The van der Waals surface area contributed by atoms with Gasteiger partial charge in [-0.05, 0) is 43.7 Å². The van der Waals surface area contributed by atoms with Crippen LogP contribution in [0.2, 0.25) is 0 Å². The number of para-hydroxylation sites is 1. The van der Waals surface area contributed by atoms with E-state index in [1.165, 1.54) is 6.20 Å². The number of anilines is 4. The lowest BCUT2D eigenvalue weighted by molar-refractivity contribution is 0.0526. The fourth-order valence-electron chi connectivity index (χ4n) is 3.24. The van der Waals surface area contributed by atoms with Gasteiger partial charge in [-0.15, -0.1) is 0 Å². The molecule has 0 bridgehead atoms. The van der Waals surface area contributed by atoms with Gasteiger partial charge < -0.3 is 20.1 Å². The number of hydrogen-bond acceptors (Lipinski definition) is 10. The van der Waals surface area contributed by atoms with Gasteiger partial charge in [0.15, 0.2) is 17.4 Å². The first-order chi connectivity index (χ1) is 16.5. The van der Waals surface area contributed by atoms with Crippen molar-refractivity contribution >= 4 is 29.2 Å². The van der Waals surface area contributed by atoms with Crippen LogP contribution in [0.3, 0.4) is 0 Å². The summed E-state index contributed by atoms with van der Waals surface area (Å²) in [5, 5.41) is 10.6. The van der Waals surface area contributed by atoms with Crippen molar-refractivity contribution in [2.45, 2.75) is 13.8 Å². The Bertz CT molecular complexity index is 1320. The Labute approximate surface area is 196 Å². The number of rotatable bonds is 8. The summed E-state index contributed by atoms with van der Waals surface area (Å²) < 4.78 is 12.5. The SMILES string of the molecule is CCOC(=O)c1cnc(Nc2cc(C)ccn2)nc1Nc1cccc(-c2ncn(C)n2)c1OC. The molecule has 11 heteroatoms. The molecule has 11 nitrogen and oxygen atoms in total. The zero-order chi connectivity index (χ0) is 24.1. The minimum atomic E-state index is -0.549. The number of nitrogens with zero attached hydrogens (tertiary/aromatic N) is 6. The Balaban J connectivity index is 1.74. The van der Waals surface area contributed by atoms with Crippen molar-refractivity contribution in [1.29, 1.82) is 0 Å². The lowest BCUT2D eigenvalue weighted by Crippen LogP contribution is -2.12. The fourth-order valence-corrected chi connectivity index (χ4v) is 3.24. The van der Waals surface area contributed by atoms with Gasteiger partial charge in [-0.2, -0.15) is 10.1 Å². The summed E-state index contributed by atoms with van der Waals surface area (Å²) in [6.07, 6.45) is 4.70. The van der Waals surface area contributed by atoms with Crippen molar-refractivity contribution in [2.24, 2.45) is 7.05 Å². The predicted molar refractivity (Wildman–Crippen MR) is 127 cm³/mol. The number of methoxy groups -OCH3 is 1. The molecule has 0 saturated carbocycles. The van der Waals surface area contributed by atoms with Gasteiger partial charge >= 0.3 is 5.97 Å². The Morgan fingerprint density at radius 1 is 1.15 bits per heavy atom. The Hall–Kier alpha value is -4.54. The number of ether oxygens (including phenoxy) is 2. The molecule has 0 spiro atoms. The van der Waals surface area contributed by atoms with Crippen molar-refractivity contribution in [3.8, 4) is 17.1 Å². The summed E-state index contributed by atoms with van der Waals surface area (Å²) in [5.41, 5.74) is 2.45. The van der Waals surface area contributed by atoms with Crippen LogP contribution in [0.1, 0.15) is 22.8 Å². The normalized spacial score (nSPS) is 10.6. The number of carbonyl (C=O) groups excluding carboxylic acids is 1. The molecule has 34 heavy (non-hydrogen) atoms. The number of aromatic nitrogens is 6. The van der Waals surface area contributed by atoms with Crippen LogP contribution in [0.4, 0.5) is 23.3 Å². The zero-order valence-corrected chi connectivity index (χ0v) is 19.2. The van der Waals surface area contributed by atoms with Gasteiger partial charge in [0.05, 0.1) is 25.0 Å². The van der Waals surface area contributed by atoms with E-state index in [4.69, 9.17) is 9.47 Å². The topological polar surface area (TPSA) is 129 Å². The molecule has 0 aliphatic carbocycles. The maximum absolute atomic E-state index is 12.6. The second-order valence-electron chi connectivity index (χ2n) is 7.27. The average Bonchev–Trinajstić information content (AvgIpc) is 3.25. The molecule has 0 amide bonds. The first-order valence-electron chi connectivity index (χ1n) is 10.5. The average molecular weight is 460 g/mol. The third-order valence-corrected chi connectivity index (χ3v) is 4.75. The molecule has 174 valence electrons. The smallest absolute Gasteiger partial charge is 0.343 e. The van der Waals surface area contributed by atoms with E-state index in [1.807, 2.05) is 31.2 Å². The zero-order valence-electron chi connectivity index (χ0n) is 19.2. The quantitative estimate of drug-likeness (QED) is 0.376. The van der Waals surface area contributed by atoms with Gasteiger partial charge in [-0.25, -0.2) is 19.7 Å². The van der Waals surface area contributed by atoms with Crippen LogP contribution < -0.4 is 15.4 Å². The highest BCUT2D eigenvalue weighted by molar-refractivity contribution is 5.96. The molecule has 4 aromatic rings. The molecule has 0 fully saturated rings. The second kappa shape index (κ2) is 9.94. The van der Waals surface area contributed by atoms with E-state index >= 15 is 0 Å². The highest BCUT2D eigenvalue weighted by Gasteiger charge is 2.20. The molecular weight excluding hydrogens is 436 g/mol. The van der Waals surface area contributed by atoms with E-state index in [0.29, 0.717) is 28.6 Å². The van der Waals surface area contributed by atoms with Gasteiger partial charge in [0, 0.05) is 19.4 Å². The monoisotopic (exact) mass is 460 g/mol. The first-order valence-corrected chi connectivity index (χ1v) is 10.5. The molecule has 1 aromatic carbocycles. The molecule has 0 aliphatic rings. The van der Waals surface area contributed by atoms with Crippen molar-refractivity contribution in [3.05, 3.63) is 60.2 Å². The largest absolute Gasteiger partial charge is 0.494 e. The van der Waals surface area contributed by atoms with Gasteiger partial charge in [-0.1, -0.05) is 6.07 Å². The molecule has 0 radical (unpaired) electrons. The molecular formula is C23H24N8O3. The van der Waals surface area contributed by atoms with Crippen molar-refractivity contribution in [1.82, 2.24) is 29.7 Å². The molecule has 3 heterocycles. The summed E-state index contributed by atoms with van der Waals surface area (Å²) >= 11 is 0. The van der Waals surface area contributed by atoms with Crippen LogP contribution in [-0.2, 0) is 11.8 Å². The Kier molecular flexibility index (Phi) is 6.62. The van der Waals surface area contributed by atoms with Crippen LogP contribution >= 0.6 is 0 Å². The van der Waals surface area contributed by atoms with E-state index in [2.05, 4.69) is 35.7 Å². The van der Waals surface area contributed by atoms with E-state index in [1.54, 1.807) is 44.4 Å². The van der Waals surface area contributed by atoms with Crippen molar-refractivity contribution < 1.29 is 14.3 Å². The van der Waals surface area contributed by atoms with E-state index in [9.17, 15) is 4.79 Å². The number of aryl methyl sites for hydroxylation is 2. The van der Waals surface area contributed by atoms with E-state index < -0.39 is 5.97 Å². The fraction of sp³-hybridized carbons (Fsp3) is 0.217. The number of carbonyl (C=O) groups is 1. The van der Waals surface area contributed by atoms with Gasteiger partial charge in [-0.3, -0.25) is 4.68 Å². The van der Waals surface area contributed by atoms with Gasteiger partial charge in [0.2, 0.25) is 5.95 Å². The summed E-state index contributed by atoms with van der Waals surface area (Å²) in [6, 6.07) is 9.23. The molecule has 2 N–H and O–H groups in total. The summed E-state index contributed by atoms with van der Waals surface area (Å²) in [7, 11) is 3.34. The predicted octanol–water partition coefficient (Wildman–Crippen LogP) is 3.65. The standard InChI is InChI=1S/C23H24N8O3/c1-5-34-22(32)16-12-25-23(28-18-11-14(2)9-10-24-18)29-21(16)27-17-8-6-7-15(19(17)33-4)20-26-13-31(3)30-20/h6-13H,5H2,1-4H3,(H2,24,25,27,28,29). The number of benzene rings is 1. The molecule has 0 saturated heterocycles. The van der Waals surface area contributed by atoms with Crippen molar-refractivity contribution in [2.75, 3.05) is 24.4 Å². The second-order valence-corrected chi connectivity index (χ2v) is 7.27.